The second-order valence-electron chi connectivity index (χ2n) is 6.91. The molecule has 0 fully saturated rings. The summed E-state index contributed by atoms with van der Waals surface area (Å²) < 4.78 is 7.62. The average molecular weight is 384 g/mol. The number of nitrogens with zero attached hydrogens (tertiary/aromatic N) is 3. The third-order valence-corrected chi connectivity index (χ3v) is 4.92. The third-order valence-electron chi connectivity index (χ3n) is 4.92. The molecule has 0 aliphatic carbocycles. The minimum absolute atomic E-state index is 0.0187. The molecule has 0 spiro atoms. The molecular formula is C21H28N4O3. The van der Waals surface area contributed by atoms with Crippen LogP contribution in [0, 0.1) is 0 Å². The highest BCUT2D eigenvalue weighted by molar-refractivity contribution is 6.11. The van der Waals surface area contributed by atoms with Crippen LogP contribution in [0.3, 0.4) is 0 Å². The van der Waals surface area contributed by atoms with Crippen molar-refractivity contribution < 1.29 is 14.7 Å². The summed E-state index contributed by atoms with van der Waals surface area (Å²) in [6.07, 6.45) is 4.43. The number of carbonyl (C=O) groups excluding carboxylic acids is 1. The molecule has 0 atom stereocenters. The fourth-order valence-electron chi connectivity index (χ4n) is 3.34. The molecule has 1 aliphatic heterocycles. The van der Waals surface area contributed by atoms with Crippen LogP contribution in [0.25, 0.3) is 0 Å². The van der Waals surface area contributed by atoms with Gasteiger partial charge in [0.2, 0.25) is 0 Å². The second kappa shape index (κ2) is 9.94. The van der Waals surface area contributed by atoms with Gasteiger partial charge in [0.15, 0.2) is 0 Å². The van der Waals surface area contributed by atoms with Crippen molar-refractivity contribution >= 4 is 11.6 Å². The van der Waals surface area contributed by atoms with Crippen LogP contribution in [0.1, 0.15) is 35.3 Å². The summed E-state index contributed by atoms with van der Waals surface area (Å²) in [4.78, 5) is 14.3. The zero-order chi connectivity index (χ0) is 19.8. The number of aromatic nitrogens is 1. The van der Waals surface area contributed by atoms with Crippen molar-refractivity contribution in [2.24, 2.45) is 5.16 Å². The van der Waals surface area contributed by atoms with E-state index in [1.165, 1.54) is 0 Å². The zero-order valence-electron chi connectivity index (χ0n) is 16.3. The van der Waals surface area contributed by atoms with Crippen molar-refractivity contribution in [1.82, 2.24) is 14.8 Å². The van der Waals surface area contributed by atoms with Gasteiger partial charge in [-0.1, -0.05) is 23.4 Å². The van der Waals surface area contributed by atoms with E-state index in [0.717, 1.165) is 43.8 Å². The number of carbonyl (C=O) groups is 1. The number of benzene rings is 1. The highest BCUT2D eigenvalue weighted by atomic mass is 16.5. The number of aryl methyl sites for hydroxylation is 1. The van der Waals surface area contributed by atoms with E-state index in [1.54, 1.807) is 11.9 Å². The highest BCUT2D eigenvalue weighted by Gasteiger charge is 2.27. The fraction of sp³-hybridized carbons (Fsp3) is 0.429. The zero-order valence-corrected chi connectivity index (χ0v) is 16.3. The third kappa shape index (κ3) is 4.92. The molecule has 1 amide bonds. The van der Waals surface area contributed by atoms with Gasteiger partial charge in [0.05, 0.1) is 5.71 Å². The quantitative estimate of drug-likeness (QED) is 0.396. The standard InChI is InChI=1S/C21H28N4O3/c1-24-14-10-19(23-27)18-9-15-25(20(18)21(24)26)13-6-5-11-22-12-16-28-17-7-3-2-4-8-17/h2-4,7-9,15,22,27H,5-6,10-14,16H2,1H3/b23-19-. The van der Waals surface area contributed by atoms with Crippen LogP contribution in [0.5, 0.6) is 5.75 Å². The number of oxime groups is 1. The lowest BCUT2D eigenvalue weighted by Crippen LogP contribution is -2.28. The highest BCUT2D eigenvalue weighted by Crippen LogP contribution is 2.20. The van der Waals surface area contributed by atoms with Crippen molar-refractivity contribution in [2.45, 2.75) is 25.8 Å². The molecule has 0 bridgehead atoms. The van der Waals surface area contributed by atoms with Crippen LogP contribution in [0.15, 0.2) is 47.8 Å². The molecule has 7 nitrogen and oxygen atoms in total. The van der Waals surface area contributed by atoms with Gasteiger partial charge in [0.1, 0.15) is 18.1 Å². The molecule has 28 heavy (non-hydrogen) atoms. The molecule has 7 heteroatoms. The maximum absolute atomic E-state index is 12.6. The number of para-hydroxylation sites is 1. The lowest BCUT2D eigenvalue weighted by Gasteiger charge is -2.16. The van der Waals surface area contributed by atoms with Gasteiger partial charge in [0.25, 0.3) is 5.91 Å². The number of unbranched alkanes of at least 4 members (excludes halogenated alkanes) is 1. The summed E-state index contributed by atoms with van der Waals surface area (Å²) in [5.41, 5.74) is 1.94. The summed E-state index contributed by atoms with van der Waals surface area (Å²) in [5.74, 6) is 0.868. The minimum Gasteiger partial charge on any atom is -0.492 e. The SMILES string of the molecule is CN1CC/C(=N/O)c2ccn(CCCCNCCOc3ccccc3)c2C1=O. The Morgan fingerprint density at radius 3 is 2.79 bits per heavy atom. The molecule has 1 aromatic heterocycles. The molecule has 0 unspecified atom stereocenters. The molecule has 1 aliphatic rings. The Balaban J connectivity index is 1.41. The fourth-order valence-corrected chi connectivity index (χ4v) is 3.34. The van der Waals surface area contributed by atoms with Crippen LogP contribution in [0.4, 0.5) is 0 Å². The molecule has 3 rings (SSSR count). The topological polar surface area (TPSA) is 79.1 Å². The van der Waals surface area contributed by atoms with Gasteiger partial charge in [0, 0.05) is 44.9 Å². The predicted octanol–water partition coefficient (Wildman–Crippen LogP) is 2.59. The summed E-state index contributed by atoms with van der Waals surface area (Å²) in [5, 5.41) is 16.0. The van der Waals surface area contributed by atoms with Gasteiger partial charge >= 0.3 is 0 Å². The van der Waals surface area contributed by atoms with Crippen molar-refractivity contribution in [2.75, 3.05) is 33.3 Å². The summed E-state index contributed by atoms with van der Waals surface area (Å²) in [6, 6.07) is 11.7. The van der Waals surface area contributed by atoms with E-state index in [-0.39, 0.29) is 5.91 Å². The van der Waals surface area contributed by atoms with Crippen molar-refractivity contribution in [3.63, 3.8) is 0 Å². The monoisotopic (exact) mass is 384 g/mol. The molecular weight excluding hydrogens is 356 g/mol. The van der Waals surface area contributed by atoms with E-state index in [9.17, 15) is 10.0 Å². The Kier molecular flexibility index (Phi) is 7.08. The molecule has 2 heterocycles. The number of ether oxygens (including phenoxy) is 1. The van der Waals surface area contributed by atoms with Crippen LogP contribution in [0.2, 0.25) is 0 Å². The summed E-state index contributed by atoms with van der Waals surface area (Å²) >= 11 is 0. The predicted molar refractivity (Wildman–Crippen MR) is 108 cm³/mol. The molecule has 2 aromatic rings. The lowest BCUT2D eigenvalue weighted by atomic mass is 10.1. The van der Waals surface area contributed by atoms with E-state index >= 15 is 0 Å². The minimum atomic E-state index is -0.0187. The Labute approximate surface area is 165 Å². The van der Waals surface area contributed by atoms with Gasteiger partial charge in [-0.3, -0.25) is 4.79 Å². The Morgan fingerprint density at radius 2 is 2.00 bits per heavy atom. The van der Waals surface area contributed by atoms with Crippen LogP contribution < -0.4 is 10.1 Å². The molecule has 0 saturated heterocycles. The molecule has 150 valence electrons. The maximum Gasteiger partial charge on any atom is 0.270 e. The Hall–Kier alpha value is -2.80. The normalized spacial score (nSPS) is 15.5. The average Bonchev–Trinajstić information content (AvgIpc) is 3.09. The summed E-state index contributed by atoms with van der Waals surface area (Å²) in [6.45, 7) is 3.66. The molecule has 1 aromatic carbocycles. The van der Waals surface area contributed by atoms with Gasteiger partial charge in [-0.05, 0) is 37.6 Å². The maximum atomic E-state index is 12.6. The summed E-state index contributed by atoms with van der Waals surface area (Å²) in [7, 11) is 1.78. The molecule has 2 N–H and O–H groups in total. The van der Waals surface area contributed by atoms with Crippen molar-refractivity contribution in [3.8, 4) is 5.75 Å². The van der Waals surface area contributed by atoms with Gasteiger partial charge in [-0.15, -0.1) is 0 Å². The molecule has 0 radical (unpaired) electrons. The van der Waals surface area contributed by atoms with Crippen molar-refractivity contribution in [1.29, 1.82) is 0 Å². The van der Waals surface area contributed by atoms with E-state index in [0.29, 0.717) is 31.0 Å². The van der Waals surface area contributed by atoms with Crippen LogP contribution >= 0.6 is 0 Å². The Bertz CT molecular complexity index is 801. The first-order valence-corrected chi connectivity index (χ1v) is 9.75. The number of hydrogen-bond acceptors (Lipinski definition) is 5. The van der Waals surface area contributed by atoms with E-state index in [2.05, 4.69) is 10.5 Å². The van der Waals surface area contributed by atoms with Gasteiger partial charge in [-0.25, -0.2) is 0 Å². The van der Waals surface area contributed by atoms with Crippen molar-refractivity contribution in [3.05, 3.63) is 53.9 Å². The number of rotatable bonds is 9. The second-order valence-corrected chi connectivity index (χ2v) is 6.91. The Morgan fingerprint density at radius 1 is 1.18 bits per heavy atom. The number of nitrogens with one attached hydrogen (secondary N) is 1. The smallest absolute Gasteiger partial charge is 0.270 e. The largest absolute Gasteiger partial charge is 0.492 e. The van der Waals surface area contributed by atoms with E-state index in [1.807, 2.05) is 47.2 Å². The first-order valence-electron chi connectivity index (χ1n) is 9.75. The lowest BCUT2D eigenvalue weighted by molar-refractivity contribution is 0.0791. The van der Waals surface area contributed by atoms with Gasteiger partial charge in [-0.2, -0.15) is 0 Å². The van der Waals surface area contributed by atoms with Crippen LogP contribution in [-0.2, 0) is 6.54 Å². The number of hydrogen-bond donors (Lipinski definition) is 2. The van der Waals surface area contributed by atoms with E-state index < -0.39 is 0 Å². The first kappa shape index (κ1) is 19.9. The van der Waals surface area contributed by atoms with Gasteiger partial charge < -0.3 is 24.7 Å². The first-order chi connectivity index (χ1) is 13.7. The van der Waals surface area contributed by atoms with E-state index in [4.69, 9.17) is 4.74 Å². The molecule has 0 saturated carbocycles. The number of fused-ring (bicyclic) bond motifs is 1. The number of amides is 1. The van der Waals surface area contributed by atoms with Crippen LogP contribution in [-0.4, -0.2) is 59.6 Å².